The number of hydrogen-bond acceptors (Lipinski definition) is 7. The van der Waals surface area contributed by atoms with Gasteiger partial charge in [0.15, 0.2) is 0 Å². The second kappa shape index (κ2) is 5.70. The molecule has 1 aromatic heterocycles. The van der Waals surface area contributed by atoms with E-state index in [1.807, 2.05) is 0 Å². The van der Waals surface area contributed by atoms with Crippen LogP contribution in [0.3, 0.4) is 0 Å². The Hall–Kier alpha value is -1.96. The fourth-order valence-corrected chi connectivity index (χ4v) is 0.913. The van der Waals surface area contributed by atoms with E-state index in [2.05, 4.69) is 20.0 Å². The predicted molar refractivity (Wildman–Crippen MR) is 55.3 cm³/mol. The fraction of sp³-hybridized carbons (Fsp3) is 0.143. The van der Waals surface area contributed by atoms with Crippen LogP contribution in [-0.4, -0.2) is 37.0 Å². The van der Waals surface area contributed by atoms with Gasteiger partial charge in [-0.05, 0) is 0 Å². The van der Waals surface area contributed by atoms with Gasteiger partial charge >= 0.3 is 11.6 Å². The first-order valence-corrected chi connectivity index (χ1v) is 4.49. The zero-order valence-electron chi connectivity index (χ0n) is 7.53. The van der Waals surface area contributed by atoms with Gasteiger partial charge in [0, 0.05) is 0 Å². The Balaban J connectivity index is 0.000000337. The van der Waals surface area contributed by atoms with Crippen molar-refractivity contribution in [2.45, 2.75) is 0 Å². The monoisotopic (exact) mass is 225 g/mol. The van der Waals surface area contributed by atoms with Crippen LogP contribution in [0, 0.1) is 0 Å². The van der Waals surface area contributed by atoms with Gasteiger partial charge in [-0.3, -0.25) is 4.99 Å². The minimum atomic E-state index is -0.750. The lowest BCUT2D eigenvalue weighted by atomic mass is 10.3. The largest absolute Gasteiger partial charge is 0.382 e. The standard InChI is InChI=1S/C7H7N5.O2S/c8-7-3-10-6(2-11-7)5-1-9-4-12-5;1-3-2/h2-4H,1H2,(H2,8,11);. The van der Waals surface area contributed by atoms with Gasteiger partial charge in [-0.2, -0.15) is 8.42 Å². The molecule has 0 fully saturated rings. The van der Waals surface area contributed by atoms with Crippen LogP contribution >= 0.6 is 0 Å². The van der Waals surface area contributed by atoms with Crippen molar-refractivity contribution in [3.05, 3.63) is 18.1 Å². The van der Waals surface area contributed by atoms with E-state index >= 15 is 0 Å². The highest BCUT2D eigenvalue weighted by molar-refractivity contribution is 7.51. The second-order valence-corrected chi connectivity index (χ2v) is 2.56. The molecule has 0 aliphatic carbocycles. The number of nitrogens with two attached hydrogens (primary N) is 1. The third kappa shape index (κ3) is 3.35. The number of aliphatic imine (C=N–C) groups is 2. The summed E-state index contributed by atoms with van der Waals surface area (Å²) in [7, 11) is 0. The second-order valence-electron chi connectivity index (χ2n) is 2.43. The molecule has 0 unspecified atom stereocenters. The zero-order valence-corrected chi connectivity index (χ0v) is 8.35. The molecular formula is C7H7N5O2S. The highest BCUT2D eigenvalue weighted by Gasteiger charge is 2.06. The number of hydrogen-bond donors (Lipinski definition) is 1. The Bertz CT molecular complexity index is 422. The number of rotatable bonds is 1. The molecule has 1 aliphatic rings. The summed E-state index contributed by atoms with van der Waals surface area (Å²) in [6, 6.07) is 0. The summed E-state index contributed by atoms with van der Waals surface area (Å²) in [6.07, 6.45) is 4.63. The molecule has 8 heteroatoms. The molecule has 2 N–H and O–H groups in total. The normalized spacial score (nSPS) is 12.7. The molecule has 0 saturated heterocycles. The molecular weight excluding hydrogens is 218 g/mol. The van der Waals surface area contributed by atoms with E-state index in [9.17, 15) is 0 Å². The van der Waals surface area contributed by atoms with Crippen LogP contribution in [0.2, 0.25) is 0 Å². The molecule has 0 spiro atoms. The van der Waals surface area contributed by atoms with Crippen molar-refractivity contribution in [1.82, 2.24) is 9.97 Å². The van der Waals surface area contributed by atoms with E-state index in [1.165, 1.54) is 12.5 Å². The Morgan fingerprint density at radius 2 is 2.00 bits per heavy atom. The summed E-state index contributed by atoms with van der Waals surface area (Å²) < 4.78 is 16.6. The third-order valence-electron chi connectivity index (χ3n) is 1.50. The van der Waals surface area contributed by atoms with Crippen molar-refractivity contribution in [3.8, 4) is 0 Å². The topological polar surface area (TPSA) is 111 Å². The molecule has 0 radical (unpaired) electrons. The van der Waals surface area contributed by atoms with Crippen LogP contribution in [0.4, 0.5) is 5.82 Å². The van der Waals surface area contributed by atoms with Gasteiger partial charge in [-0.15, -0.1) is 0 Å². The lowest BCUT2D eigenvalue weighted by Gasteiger charge is -1.96. The molecule has 0 bridgehead atoms. The van der Waals surface area contributed by atoms with Crippen LogP contribution in [0.5, 0.6) is 0 Å². The SMILES string of the molecule is Nc1cnc(C2=NC=NC2)cn1.O=S=O. The molecule has 2 rings (SSSR count). The van der Waals surface area contributed by atoms with Crippen LogP contribution in [-0.2, 0) is 11.6 Å². The maximum Gasteiger partial charge on any atom is 0.335 e. The number of nitrogen functional groups attached to an aromatic ring is 1. The first-order chi connectivity index (χ1) is 7.27. The molecule has 0 aromatic carbocycles. The van der Waals surface area contributed by atoms with Crippen LogP contribution in [0.1, 0.15) is 5.69 Å². The van der Waals surface area contributed by atoms with Gasteiger partial charge in [0.25, 0.3) is 0 Å². The molecule has 2 heterocycles. The highest BCUT2D eigenvalue weighted by Crippen LogP contribution is 2.01. The highest BCUT2D eigenvalue weighted by atomic mass is 32.1. The molecule has 78 valence electrons. The molecule has 1 aliphatic heterocycles. The molecule has 0 saturated carbocycles. The zero-order chi connectivity index (χ0) is 11.1. The van der Waals surface area contributed by atoms with Crippen molar-refractivity contribution in [1.29, 1.82) is 0 Å². The summed E-state index contributed by atoms with van der Waals surface area (Å²) in [5.41, 5.74) is 6.95. The van der Waals surface area contributed by atoms with Crippen molar-refractivity contribution < 1.29 is 8.42 Å². The minimum Gasteiger partial charge on any atom is -0.382 e. The quantitative estimate of drug-likeness (QED) is 0.674. The van der Waals surface area contributed by atoms with E-state index in [1.54, 1.807) is 6.20 Å². The minimum absolute atomic E-state index is 0.415. The van der Waals surface area contributed by atoms with E-state index in [4.69, 9.17) is 14.2 Å². The molecule has 1 aromatic rings. The lowest BCUT2D eigenvalue weighted by molar-refractivity contribution is 0.630. The Kier molecular flexibility index (Phi) is 4.23. The van der Waals surface area contributed by atoms with Crippen LogP contribution < -0.4 is 5.73 Å². The van der Waals surface area contributed by atoms with Crippen molar-refractivity contribution in [2.75, 3.05) is 12.3 Å². The van der Waals surface area contributed by atoms with E-state index in [0.717, 1.165) is 11.4 Å². The van der Waals surface area contributed by atoms with Gasteiger partial charge in [0.1, 0.15) is 17.9 Å². The number of nitrogens with zero attached hydrogens (tertiary/aromatic N) is 4. The summed E-state index contributed by atoms with van der Waals surface area (Å²) in [6.45, 7) is 0.582. The van der Waals surface area contributed by atoms with Crippen molar-refractivity contribution >= 4 is 29.4 Å². The van der Waals surface area contributed by atoms with E-state index in [-0.39, 0.29) is 0 Å². The average molecular weight is 225 g/mol. The van der Waals surface area contributed by atoms with E-state index in [0.29, 0.717) is 12.4 Å². The molecule has 7 nitrogen and oxygen atoms in total. The van der Waals surface area contributed by atoms with Gasteiger partial charge in [-0.25, -0.2) is 15.0 Å². The first kappa shape index (κ1) is 11.1. The van der Waals surface area contributed by atoms with Gasteiger partial charge in [0.05, 0.1) is 24.7 Å². The number of anilines is 1. The van der Waals surface area contributed by atoms with Crippen molar-refractivity contribution in [3.63, 3.8) is 0 Å². The van der Waals surface area contributed by atoms with Gasteiger partial charge in [0.2, 0.25) is 0 Å². The van der Waals surface area contributed by atoms with Gasteiger partial charge in [-0.1, -0.05) is 0 Å². The Morgan fingerprint density at radius 3 is 2.47 bits per heavy atom. The summed E-state index contributed by atoms with van der Waals surface area (Å²) in [4.78, 5) is 15.9. The molecule has 15 heavy (non-hydrogen) atoms. The maximum atomic E-state index is 8.29. The maximum absolute atomic E-state index is 8.29. The fourth-order valence-electron chi connectivity index (χ4n) is 0.913. The Labute approximate surface area is 88.8 Å². The van der Waals surface area contributed by atoms with Crippen molar-refractivity contribution in [2.24, 2.45) is 9.98 Å². The average Bonchev–Trinajstić information content (AvgIpc) is 2.73. The summed E-state index contributed by atoms with van der Waals surface area (Å²) >= 11 is -0.750. The van der Waals surface area contributed by atoms with Crippen LogP contribution in [0.25, 0.3) is 0 Å². The summed E-state index contributed by atoms with van der Waals surface area (Å²) in [5, 5.41) is 0. The third-order valence-corrected chi connectivity index (χ3v) is 1.50. The Morgan fingerprint density at radius 1 is 1.27 bits per heavy atom. The lowest BCUT2D eigenvalue weighted by Crippen LogP contribution is -2.05. The number of aromatic nitrogens is 2. The smallest absolute Gasteiger partial charge is 0.335 e. The predicted octanol–water partition coefficient (Wildman–Crippen LogP) is -0.780. The molecule has 0 atom stereocenters. The van der Waals surface area contributed by atoms with E-state index < -0.39 is 11.6 Å². The summed E-state index contributed by atoms with van der Waals surface area (Å²) in [5.74, 6) is 0.415. The first-order valence-electron chi connectivity index (χ1n) is 3.82. The molecule has 0 amide bonds. The van der Waals surface area contributed by atoms with Gasteiger partial charge < -0.3 is 5.73 Å². The van der Waals surface area contributed by atoms with Crippen LogP contribution in [0.15, 0.2) is 22.4 Å².